The summed E-state index contributed by atoms with van der Waals surface area (Å²) in [6, 6.07) is 7.10. The number of allylic oxidation sites excluding steroid dienone is 2. The van der Waals surface area contributed by atoms with Gasteiger partial charge in [0.15, 0.2) is 0 Å². The molecule has 38 heavy (non-hydrogen) atoms. The van der Waals surface area contributed by atoms with Crippen molar-refractivity contribution in [2.45, 2.75) is 103 Å². The lowest BCUT2D eigenvalue weighted by molar-refractivity contribution is -0.143. The van der Waals surface area contributed by atoms with Gasteiger partial charge in [-0.2, -0.15) is 0 Å². The third-order valence-corrected chi connectivity index (χ3v) is 8.84. The largest absolute Gasteiger partial charge is 0.508 e. The summed E-state index contributed by atoms with van der Waals surface area (Å²) in [6.45, 7) is 3.99. The van der Waals surface area contributed by atoms with Crippen LogP contribution in [-0.4, -0.2) is 50.8 Å². The van der Waals surface area contributed by atoms with Gasteiger partial charge in [0, 0.05) is 12.0 Å². The number of hydrogen-bond acceptors (Lipinski definition) is 5. The molecule has 1 saturated heterocycles. The fourth-order valence-corrected chi connectivity index (χ4v) is 7.10. The Balaban J connectivity index is 1.56. The van der Waals surface area contributed by atoms with Gasteiger partial charge >= 0.3 is 0 Å². The Labute approximate surface area is 227 Å². The van der Waals surface area contributed by atoms with E-state index in [-0.39, 0.29) is 30.2 Å². The Morgan fingerprint density at radius 1 is 1.03 bits per heavy atom. The third-order valence-electron chi connectivity index (χ3n) is 8.84. The summed E-state index contributed by atoms with van der Waals surface area (Å²) in [7, 11) is 0. The number of phenolic OH excluding ortho intramolecular Hbond substituents is 1. The molecule has 3 aliphatic rings. The van der Waals surface area contributed by atoms with Gasteiger partial charge in [0.05, 0.1) is 24.5 Å². The number of carbonyl (C=O) groups excluding carboxylic acids is 2. The fraction of sp³-hybridized carbons (Fsp3) is 0.625. The second-order valence-electron chi connectivity index (χ2n) is 11.5. The Hall–Kier alpha value is -2.44. The summed E-state index contributed by atoms with van der Waals surface area (Å²) in [5.74, 6) is -1.45. The second kappa shape index (κ2) is 13.1. The normalized spacial score (nSPS) is 25.7. The molecule has 1 heterocycles. The molecule has 2 fully saturated rings. The molecule has 1 aromatic rings. The van der Waals surface area contributed by atoms with Crippen LogP contribution in [0.3, 0.4) is 0 Å². The van der Waals surface area contributed by atoms with Gasteiger partial charge in [-0.3, -0.25) is 14.5 Å². The number of rotatable bonds is 11. The summed E-state index contributed by atoms with van der Waals surface area (Å²) >= 11 is 0. The number of aromatic hydroxyl groups is 1. The first-order chi connectivity index (χ1) is 18.4. The summed E-state index contributed by atoms with van der Waals surface area (Å²) in [5, 5.41) is 31.7. The lowest BCUT2D eigenvalue weighted by Gasteiger charge is -2.36. The molecule has 0 unspecified atom stereocenters. The molecule has 2 amide bonds. The van der Waals surface area contributed by atoms with Gasteiger partial charge in [-0.15, -0.1) is 0 Å². The van der Waals surface area contributed by atoms with E-state index in [0.29, 0.717) is 19.3 Å². The maximum atomic E-state index is 13.7. The van der Waals surface area contributed by atoms with E-state index in [1.54, 1.807) is 17.0 Å². The summed E-state index contributed by atoms with van der Waals surface area (Å²) in [4.78, 5) is 28.8. The third kappa shape index (κ3) is 6.07. The van der Waals surface area contributed by atoms with Crippen LogP contribution in [0.5, 0.6) is 5.75 Å². The zero-order chi connectivity index (χ0) is 27.2. The minimum Gasteiger partial charge on any atom is -0.508 e. The number of benzene rings is 1. The molecular formula is C32H45NO5. The average molecular weight is 524 g/mol. The summed E-state index contributed by atoms with van der Waals surface area (Å²) < 4.78 is 0. The van der Waals surface area contributed by atoms with E-state index in [1.807, 2.05) is 12.1 Å². The Kier molecular flexibility index (Phi) is 9.83. The van der Waals surface area contributed by atoms with Crippen LogP contribution >= 0.6 is 0 Å². The van der Waals surface area contributed by atoms with Crippen molar-refractivity contribution in [1.82, 2.24) is 4.90 Å². The van der Waals surface area contributed by atoms with Crippen molar-refractivity contribution in [3.63, 3.8) is 0 Å². The van der Waals surface area contributed by atoms with E-state index in [9.17, 15) is 24.9 Å². The van der Waals surface area contributed by atoms with Crippen LogP contribution in [0.15, 0.2) is 41.0 Å². The molecule has 0 aromatic heterocycles. The number of fused-ring (bicyclic) bond motifs is 1. The number of aliphatic hydroxyl groups excluding tert-OH is 2. The van der Waals surface area contributed by atoms with Gasteiger partial charge in [0.25, 0.3) is 0 Å². The van der Waals surface area contributed by atoms with Gasteiger partial charge in [-0.25, -0.2) is 0 Å². The molecule has 1 aromatic carbocycles. The van der Waals surface area contributed by atoms with E-state index in [0.717, 1.165) is 74.5 Å². The van der Waals surface area contributed by atoms with Crippen LogP contribution in [0.2, 0.25) is 0 Å². The van der Waals surface area contributed by atoms with E-state index in [1.165, 1.54) is 5.57 Å². The van der Waals surface area contributed by atoms with Crippen LogP contribution in [0.25, 0.3) is 6.08 Å². The van der Waals surface area contributed by atoms with Crippen molar-refractivity contribution in [2.75, 3.05) is 6.61 Å². The highest BCUT2D eigenvalue weighted by atomic mass is 16.3. The SMILES string of the molecule is CCCC1=C([C@H](O)CC/C(=C/c2ccc(O)cc2)CCC)[C@H](CO)[C@@H]2C(=O)N(C3CCCCC3)C(=O)[C@@H]2C1. The number of phenols is 1. The number of imide groups is 1. The van der Waals surface area contributed by atoms with Crippen molar-refractivity contribution >= 4 is 17.9 Å². The number of carbonyl (C=O) groups is 2. The van der Waals surface area contributed by atoms with Crippen molar-refractivity contribution in [3.8, 4) is 5.75 Å². The second-order valence-corrected chi connectivity index (χ2v) is 11.5. The zero-order valence-electron chi connectivity index (χ0n) is 23.1. The minimum absolute atomic E-state index is 0.0154. The lowest BCUT2D eigenvalue weighted by atomic mass is 9.67. The summed E-state index contributed by atoms with van der Waals surface area (Å²) in [6.07, 6.45) is 11.6. The average Bonchev–Trinajstić information content (AvgIpc) is 3.17. The molecule has 1 aliphatic heterocycles. The van der Waals surface area contributed by atoms with Crippen molar-refractivity contribution in [2.24, 2.45) is 17.8 Å². The molecule has 4 atom stereocenters. The van der Waals surface area contributed by atoms with Gasteiger partial charge in [-0.05, 0) is 68.2 Å². The molecule has 0 spiro atoms. The first-order valence-electron chi connectivity index (χ1n) is 14.8. The standard InChI is InChI=1S/C32H45NO5/c1-3-8-21(18-22-12-15-25(35)16-13-22)14-17-28(36)29-23(9-4-2)19-26-30(27(29)20-34)32(38)33(31(26)37)24-10-6-5-7-11-24/h12-13,15-16,18,24,26-28,30,34-36H,3-11,14,17,19-20H2,1-2H3/b21-18+/t26-,27+,28-,30-/m1/s1. The predicted octanol–water partition coefficient (Wildman–Crippen LogP) is 5.76. The number of nitrogens with zero attached hydrogens (tertiary/aromatic N) is 1. The maximum Gasteiger partial charge on any atom is 0.234 e. The minimum atomic E-state index is -0.763. The molecule has 4 rings (SSSR count). The van der Waals surface area contributed by atoms with Crippen molar-refractivity contribution < 1.29 is 24.9 Å². The Morgan fingerprint density at radius 2 is 1.74 bits per heavy atom. The van der Waals surface area contributed by atoms with Gasteiger partial charge in [-0.1, -0.05) is 75.3 Å². The lowest BCUT2D eigenvalue weighted by Crippen LogP contribution is -2.42. The van der Waals surface area contributed by atoms with Crippen molar-refractivity contribution in [3.05, 3.63) is 46.5 Å². The molecule has 6 nitrogen and oxygen atoms in total. The topological polar surface area (TPSA) is 98.1 Å². The maximum absolute atomic E-state index is 13.7. The Morgan fingerprint density at radius 3 is 2.37 bits per heavy atom. The highest BCUT2D eigenvalue weighted by molar-refractivity contribution is 6.06. The van der Waals surface area contributed by atoms with Crippen molar-refractivity contribution in [1.29, 1.82) is 0 Å². The van der Waals surface area contributed by atoms with Gasteiger partial charge < -0.3 is 15.3 Å². The highest BCUT2D eigenvalue weighted by Gasteiger charge is 2.56. The molecule has 2 aliphatic carbocycles. The number of hydrogen-bond donors (Lipinski definition) is 3. The Bertz CT molecular complexity index is 1040. The van der Waals surface area contributed by atoms with Gasteiger partial charge in [0.1, 0.15) is 5.75 Å². The van der Waals surface area contributed by atoms with Crippen LogP contribution in [-0.2, 0) is 9.59 Å². The first-order valence-corrected chi connectivity index (χ1v) is 14.8. The smallest absolute Gasteiger partial charge is 0.234 e. The monoisotopic (exact) mass is 523 g/mol. The van der Waals surface area contributed by atoms with Crippen LogP contribution in [0.1, 0.15) is 96.5 Å². The van der Waals surface area contributed by atoms with Crippen LogP contribution in [0.4, 0.5) is 0 Å². The first kappa shape index (κ1) is 28.6. The van der Waals surface area contributed by atoms with E-state index < -0.39 is 23.9 Å². The number of amides is 2. The number of likely N-dealkylation sites (tertiary alicyclic amines) is 1. The van der Waals surface area contributed by atoms with Crippen LogP contribution < -0.4 is 0 Å². The predicted molar refractivity (Wildman–Crippen MR) is 149 cm³/mol. The van der Waals surface area contributed by atoms with E-state index in [4.69, 9.17) is 0 Å². The highest BCUT2D eigenvalue weighted by Crippen LogP contribution is 2.48. The van der Waals surface area contributed by atoms with E-state index >= 15 is 0 Å². The fourth-order valence-electron chi connectivity index (χ4n) is 7.10. The summed E-state index contributed by atoms with van der Waals surface area (Å²) in [5.41, 5.74) is 4.10. The quantitative estimate of drug-likeness (QED) is 0.253. The molecule has 1 saturated carbocycles. The number of aliphatic hydroxyl groups is 2. The van der Waals surface area contributed by atoms with E-state index in [2.05, 4.69) is 19.9 Å². The molecule has 208 valence electrons. The zero-order valence-corrected chi connectivity index (χ0v) is 23.1. The molecule has 0 bridgehead atoms. The molecule has 6 heteroatoms. The molecular weight excluding hydrogens is 478 g/mol. The van der Waals surface area contributed by atoms with Gasteiger partial charge in [0.2, 0.25) is 11.8 Å². The van der Waals surface area contributed by atoms with Crippen LogP contribution in [0, 0.1) is 17.8 Å². The molecule has 3 N–H and O–H groups in total. The molecule has 0 radical (unpaired) electrons.